The first-order valence-corrected chi connectivity index (χ1v) is 8.24. The van der Waals surface area contributed by atoms with E-state index >= 15 is 0 Å². The molecule has 0 aromatic heterocycles. The fourth-order valence-corrected chi connectivity index (χ4v) is 3.22. The standard InChI is InChI=1S/C19H20N2O3/c1-19(2,3)24-18(23)20-14-9-10-15-16-12(14)5-4-6-13(16)17(22)21(15)11-7-8-11/h4-6,9-11H,7-8H2,1-3H3,(H,20,23). The Morgan fingerprint density at radius 3 is 2.62 bits per heavy atom. The number of rotatable bonds is 2. The van der Waals surface area contributed by atoms with Crippen molar-refractivity contribution in [2.24, 2.45) is 0 Å². The van der Waals surface area contributed by atoms with Gasteiger partial charge in [0.2, 0.25) is 0 Å². The van der Waals surface area contributed by atoms with E-state index in [0.29, 0.717) is 17.3 Å². The Morgan fingerprint density at radius 2 is 1.96 bits per heavy atom. The minimum Gasteiger partial charge on any atom is -0.444 e. The van der Waals surface area contributed by atoms with Gasteiger partial charge in [-0.05, 0) is 51.8 Å². The molecule has 0 unspecified atom stereocenters. The van der Waals surface area contributed by atoms with Crippen LogP contribution in [0.5, 0.6) is 0 Å². The predicted molar refractivity (Wildman–Crippen MR) is 93.6 cm³/mol. The topological polar surface area (TPSA) is 58.6 Å². The zero-order valence-electron chi connectivity index (χ0n) is 14.1. The number of benzene rings is 2. The second kappa shape index (κ2) is 4.97. The van der Waals surface area contributed by atoms with Crippen LogP contribution >= 0.6 is 0 Å². The van der Waals surface area contributed by atoms with Crippen molar-refractivity contribution >= 4 is 34.1 Å². The van der Waals surface area contributed by atoms with E-state index in [1.165, 1.54) is 0 Å². The molecular formula is C19H20N2O3. The SMILES string of the molecule is CC(C)(C)OC(=O)Nc1ccc2c3c(cccc13)C(=O)N2C1CC1. The number of amides is 2. The van der Waals surface area contributed by atoms with Crippen molar-refractivity contribution in [2.45, 2.75) is 45.3 Å². The second-order valence-electron chi connectivity index (χ2n) is 7.39. The van der Waals surface area contributed by atoms with E-state index in [4.69, 9.17) is 4.74 Å². The smallest absolute Gasteiger partial charge is 0.412 e. The van der Waals surface area contributed by atoms with Crippen LogP contribution in [0.25, 0.3) is 10.8 Å². The first-order chi connectivity index (χ1) is 11.3. The quantitative estimate of drug-likeness (QED) is 0.895. The largest absolute Gasteiger partial charge is 0.444 e. The Bertz CT molecular complexity index is 863. The van der Waals surface area contributed by atoms with Crippen LogP contribution in [0, 0.1) is 0 Å². The molecule has 0 radical (unpaired) electrons. The number of ether oxygens (including phenoxy) is 1. The maximum atomic E-state index is 12.7. The fraction of sp³-hybridized carbons (Fsp3) is 0.368. The molecule has 0 saturated heterocycles. The monoisotopic (exact) mass is 324 g/mol. The predicted octanol–water partition coefficient (Wildman–Crippen LogP) is 4.31. The van der Waals surface area contributed by atoms with E-state index in [-0.39, 0.29) is 5.91 Å². The van der Waals surface area contributed by atoms with Crippen molar-refractivity contribution in [2.75, 3.05) is 10.2 Å². The van der Waals surface area contributed by atoms with E-state index in [0.717, 1.165) is 29.3 Å². The lowest BCUT2D eigenvalue weighted by Gasteiger charge is -2.20. The minimum atomic E-state index is -0.558. The van der Waals surface area contributed by atoms with Crippen molar-refractivity contribution in [1.82, 2.24) is 0 Å². The summed E-state index contributed by atoms with van der Waals surface area (Å²) >= 11 is 0. The zero-order valence-corrected chi connectivity index (χ0v) is 14.1. The highest BCUT2D eigenvalue weighted by molar-refractivity contribution is 6.27. The number of nitrogens with zero attached hydrogens (tertiary/aromatic N) is 1. The number of carbonyl (C=O) groups is 2. The number of hydrogen-bond donors (Lipinski definition) is 1. The Hall–Kier alpha value is -2.56. The molecule has 2 aromatic carbocycles. The van der Waals surface area contributed by atoms with Crippen LogP contribution in [0.15, 0.2) is 30.3 Å². The molecular weight excluding hydrogens is 304 g/mol. The first kappa shape index (κ1) is 15.0. The van der Waals surface area contributed by atoms with Crippen molar-refractivity contribution in [1.29, 1.82) is 0 Å². The molecule has 2 aromatic rings. The van der Waals surface area contributed by atoms with Gasteiger partial charge >= 0.3 is 6.09 Å². The van der Waals surface area contributed by atoms with E-state index < -0.39 is 11.7 Å². The van der Waals surface area contributed by atoms with Crippen molar-refractivity contribution in [3.63, 3.8) is 0 Å². The van der Waals surface area contributed by atoms with Crippen LogP contribution in [0.2, 0.25) is 0 Å². The van der Waals surface area contributed by atoms with Gasteiger partial charge in [-0.3, -0.25) is 10.1 Å². The number of carbonyl (C=O) groups excluding carboxylic acids is 2. The van der Waals surface area contributed by atoms with Gasteiger partial charge in [-0.1, -0.05) is 12.1 Å². The van der Waals surface area contributed by atoms with Crippen molar-refractivity contribution in [3.8, 4) is 0 Å². The van der Waals surface area contributed by atoms with Crippen molar-refractivity contribution in [3.05, 3.63) is 35.9 Å². The van der Waals surface area contributed by atoms with Crippen molar-refractivity contribution < 1.29 is 14.3 Å². The molecule has 0 spiro atoms. The van der Waals surface area contributed by atoms with Crippen LogP contribution in [0.4, 0.5) is 16.2 Å². The lowest BCUT2D eigenvalue weighted by Crippen LogP contribution is -2.28. The highest BCUT2D eigenvalue weighted by atomic mass is 16.6. The zero-order chi connectivity index (χ0) is 17.1. The Balaban J connectivity index is 1.75. The van der Waals surface area contributed by atoms with Crippen LogP contribution in [0.1, 0.15) is 44.0 Å². The van der Waals surface area contributed by atoms with Gasteiger partial charge in [0.15, 0.2) is 0 Å². The molecule has 5 nitrogen and oxygen atoms in total. The summed E-state index contributed by atoms with van der Waals surface area (Å²) in [6.45, 7) is 5.48. The van der Waals surface area contributed by atoms with Gasteiger partial charge in [0.1, 0.15) is 5.60 Å². The molecule has 0 atom stereocenters. The summed E-state index contributed by atoms with van der Waals surface area (Å²) in [5.74, 6) is 0.0625. The molecule has 1 aliphatic carbocycles. The Morgan fingerprint density at radius 1 is 1.21 bits per heavy atom. The molecule has 4 rings (SSSR count). The molecule has 2 aliphatic rings. The molecule has 2 amide bonds. The minimum absolute atomic E-state index is 0.0625. The number of hydrogen-bond acceptors (Lipinski definition) is 3. The van der Waals surface area contributed by atoms with Gasteiger partial charge in [-0.15, -0.1) is 0 Å². The van der Waals surface area contributed by atoms with Gasteiger partial charge in [0, 0.05) is 22.4 Å². The summed E-state index contributed by atoms with van der Waals surface area (Å²) in [6, 6.07) is 9.72. The molecule has 0 bridgehead atoms. The molecule has 1 saturated carbocycles. The molecule has 24 heavy (non-hydrogen) atoms. The highest BCUT2D eigenvalue weighted by Crippen LogP contribution is 2.45. The normalized spacial score (nSPS) is 16.6. The lowest BCUT2D eigenvalue weighted by atomic mass is 10.0. The number of anilines is 2. The molecule has 1 fully saturated rings. The highest BCUT2D eigenvalue weighted by Gasteiger charge is 2.40. The van der Waals surface area contributed by atoms with Crippen LogP contribution in [-0.4, -0.2) is 23.6 Å². The summed E-state index contributed by atoms with van der Waals surface area (Å²) in [6.07, 6.45) is 1.62. The van der Waals surface area contributed by atoms with E-state index in [1.807, 2.05) is 56.0 Å². The van der Waals surface area contributed by atoms with Gasteiger partial charge in [-0.2, -0.15) is 0 Å². The molecule has 124 valence electrons. The second-order valence-corrected chi connectivity index (χ2v) is 7.39. The van der Waals surface area contributed by atoms with E-state index in [9.17, 15) is 9.59 Å². The average molecular weight is 324 g/mol. The van der Waals surface area contributed by atoms with E-state index in [1.54, 1.807) is 0 Å². The van der Waals surface area contributed by atoms with Gasteiger partial charge in [0.25, 0.3) is 5.91 Å². The van der Waals surface area contributed by atoms with Crippen LogP contribution < -0.4 is 10.2 Å². The Kier molecular flexibility index (Phi) is 3.10. The summed E-state index contributed by atoms with van der Waals surface area (Å²) < 4.78 is 5.33. The Labute approximate surface area is 140 Å². The third-order valence-electron chi connectivity index (χ3n) is 4.28. The third-order valence-corrected chi connectivity index (χ3v) is 4.28. The first-order valence-electron chi connectivity index (χ1n) is 8.24. The molecule has 1 heterocycles. The number of nitrogens with one attached hydrogen (secondary N) is 1. The van der Waals surface area contributed by atoms with Crippen LogP contribution in [-0.2, 0) is 4.74 Å². The molecule has 1 N–H and O–H groups in total. The summed E-state index contributed by atoms with van der Waals surface area (Å²) in [7, 11) is 0. The fourth-order valence-electron chi connectivity index (χ4n) is 3.22. The van der Waals surface area contributed by atoms with Gasteiger partial charge in [0.05, 0.1) is 11.4 Å². The summed E-state index contributed by atoms with van der Waals surface area (Å²) in [4.78, 5) is 26.7. The average Bonchev–Trinajstić information content (AvgIpc) is 3.27. The summed E-state index contributed by atoms with van der Waals surface area (Å²) in [5.41, 5.74) is 1.76. The van der Waals surface area contributed by atoms with Crippen LogP contribution in [0.3, 0.4) is 0 Å². The molecule has 1 aliphatic heterocycles. The molecule has 5 heteroatoms. The summed E-state index contributed by atoms with van der Waals surface area (Å²) in [5, 5.41) is 4.59. The maximum absolute atomic E-state index is 12.7. The third kappa shape index (κ3) is 2.40. The lowest BCUT2D eigenvalue weighted by molar-refractivity contribution is 0.0636. The van der Waals surface area contributed by atoms with E-state index in [2.05, 4.69) is 5.32 Å². The van der Waals surface area contributed by atoms with Gasteiger partial charge in [-0.25, -0.2) is 4.79 Å². The van der Waals surface area contributed by atoms with Gasteiger partial charge < -0.3 is 9.64 Å². The maximum Gasteiger partial charge on any atom is 0.412 e.